The van der Waals surface area contributed by atoms with Gasteiger partial charge in [0.2, 0.25) is 5.91 Å². The van der Waals surface area contributed by atoms with E-state index >= 15 is 0 Å². The minimum Gasteiger partial charge on any atom is -0.382 e. The maximum Gasteiger partial charge on any atom is 0.244 e. The molecule has 6 nitrogen and oxygen atoms in total. The molecule has 3 rings (SSSR count). The first-order valence-electron chi connectivity index (χ1n) is 9.44. The number of allylic oxidation sites excluding steroid dienone is 1. The lowest BCUT2D eigenvalue weighted by atomic mass is 10.1. The summed E-state index contributed by atoms with van der Waals surface area (Å²) in [5.74, 6) is 0.195. The van der Waals surface area contributed by atoms with Gasteiger partial charge in [0.25, 0.3) is 0 Å². The molecular formula is C23H23N5O. The number of hydrogen-bond donors (Lipinski definition) is 2. The lowest BCUT2D eigenvalue weighted by Crippen LogP contribution is -2.23. The van der Waals surface area contributed by atoms with Crippen molar-refractivity contribution in [1.29, 1.82) is 5.26 Å². The van der Waals surface area contributed by atoms with Crippen molar-refractivity contribution < 1.29 is 4.79 Å². The third-order valence-electron chi connectivity index (χ3n) is 4.57. The van der Waals surface area contributed by atoms with Crippen LogP contribution in [0.2, 0.25) is 0 Å². The summed E-state index contributed by atoms with van der Waals surface area (Å²) in [7, 11) is 0. The molecule has 0 fully saturated rings. The molecule has 146 valence electrons. The van der Waals surface area contributed by atoms with E-state index in [0.29, 0.717) is 36.5 Å². The van der Waals surface area contributed by atoms with Crippen LogP contribution in [-0.2, 0) is 11.2 Å². The molecule has 3 aromatic rings. The van der Waals surface area contributed by atoms with E-state index in [-0.39, 0.29) is 5.91 Å². The lowest BCUT2D eigenvalue weighted by Gasteiger charge is -2.04. The molecule has 1 aromatic heterocycles. The van der Waals surface area contributed by atoms with E-state index in [4.69, 9.17) is 5.73 Å². The first kappa shape index (κ1) is 19.9. The van der Waals surface area contributed by atoms with Crippen molar-refractivity contribution in [3.05, 3.63) is 83.6 Å². The second-order valence-corrected chi connectivity index (χ2v) is 6.65. The Labute approximate surface area is 170 Å². The molecule has 0 bridgehead atoms. The topological polar surface area (TPSA) is 96.7 Å². The van der Waals surface area contributed by atoms with E-state index in [1.165, 1.54) is 0 Å². The Bertz CT molecular complexity index is 1050. The van der Waals surface area contributed by atoms with Crippen molar-refractivity contribution in [2.75, 3.05) is 12.3 Å². The van der Waals surface area contributed by atoms with Gasteiger partial charge in [0.05, 0.1) is 11.4 Å². The summed E-state index contributed by atoms with van der Waals surface area (Å²) >= 11 is 0. The van der Waals surface area contributed by atoms with E-state index < -0.39 is 0 Å². The highest BCUT2D eigenvalue weighted by molar-refractivity contribution is 5.94. The van der Waals surface area contributed by atoms with E-state index in [2.05, 4.69) is 16.5 Å². The van der Waals surface area contributed by atoms with Crippen LogP contribution in [0, 0.1) is 11.3 Å². The van der Waals surface area contributed by atoms with Crippen molar-refractivity contribution in [1.82, 2.24) is 15.1 Å². The van der Waals surface area contributed by atoms with Crippen LogP contribution in [-0.4, -0.2) is 22.2 Å². The fourth-order valence-electron chi connectivity index (χ4n) is 3.04. The Balaban J connectivity index is 1.58. The quantitative estimate of drug-likeness (QED) is 0.481. The fraction of sp³-hybridized carbons (Fsp3) is 0.174. The number of aromatic nitrogens is 2. The molecule has 0 atom stereocenters. The zero-order chi connectivity index (χ0) is 20.6. The Morgan fingerprint density at radius 1 is 1.17 bits per heavy atom. The number of carbonyl (C=O) groups is 1. The van der Waals surface area contributed by atoms with Gasteiger partial charge in [-0.05, 0) is 43.0 Å². The van der Waals surface area contributed by atoms with Crippen LogP contribution < -0.4 is 11.1 Å². The molecule has 0 saturated carbocycles. The van der Waals surface area contributed by atoms with Crippen LogP contribution in [0.25, 0.3) is 11.3 Å². The number of para-hydroxylation sites is 1. The summed E-state index contributed by atoms with van der Waals surface area (Å²) in [5, 5.41) is 16.8. The average Bonchev–Trinajstić information content (AvgIpc) is 3.07. The van der Waals surface area contributed by atoms with E-state index in [0.717, 1.165) is 16.8 Å². The third-order valence-corrected chi connectivity index (χ3v) is 4.57. The second-order valence-electron chi connectivity index (χ2n) is 6.65. The summed E-state index contributed by atoms with van der Waals surface area (Å²) in [6, 6.07) is 21.4. The molecule has 0 spiro atoms. The van der Waals surface area contributed by atoms with Crippen LogP contribution >= 0.6 is 0 Å². The van der Waals surface area contributed by atoms with Gasteiger partial charge in [0.1, 0.15) is 17.5 Å². The number of carbonyl (C=O) groups excluding carboxylic acids is 1. The number of benzene rings is 2. The van der Waals surface area contributed by atoms with Crippen molar-refractivity contribution in [2.24, 2.45) is 0 Å². The van der Waals surface area contributed by atoms with Crippen molar-refractivity contribution >= 4 is 17.3 Å². The summed E-state index contributed by atoms with van der Waals surface area (Å²) < 4.78 is 1.58. The smallest absolute Gasteiger partial charge is 0.244 e. The zero-order valence-corrected chi connectivity index (χ0v) is 16.3. The average molecular weight is 385 g/mol. The summed E-state index contributed by atoms with van der Waals surface area (Å²) in [5.41, 5.74) is 9.87. The highest BCUT2D eigenvalue weighted by atomic mass is 16.1. The van der Waals surface area contributed by atoms with Gasteiger partial charge in [-0.2, -0.15) is 10.4 Å². The minimum absolute atomic E-state index is 0.138. The first-order valence-corrected chi connectivity index (χ1v) is 9.44. The number of rotatable bonds is 7. The highest BCUT2D eigenvalue weighted by Crippen LogP contribution is 2.21. The molecule has 3 N–H and O–H groups in total. The summed E-state index contributed by atoms with van der Waals surface area (Å²) in [4.78, 5) is 12.1. The number of nitrogens with two attached hydrogens (primary N) is 1. The molecule has 0 radical (unpaired) electrons. The number of nitrogen functional groups attached to an aromatic ring is 1. The molecule has 0 aliphatic rings. The number of aryl methyl sites for hydroxylation is 1. The largest absolute Gasteiger partial charge is 0.382 e. The highest BCUT2D eigenvalue weighted by Gasteiger charge is 2.16. The van der Waals surface area contributed by atoms with E-state index in [9.17, 15) is 10.1 Å². The van der Waals surface area contributed by atoms with Crippen LogP contribution in [0.15, 0.2) is 66.7 Å². The van der Waals surface area contributed by atoms with E-state index in [1.807, 2.05) is 67.6 Å². The number of amides is 1. The number of hydrogen-bond acceptors (Lipinski definition) is 4. The van der Waals surface area contributed by atoms with Gasteiger partial charge in [0, 0.05) is 12.6 Å². The Kier molecular flexibility index (Phi) is 6.43. The summed E-state index contributed by atoms with van der Waals surface area (Å²) in [6.45, 7) is 2.40. The molecule has 6 heteroatoms. The second kappa shape index (κ2) is 9.38. The lowest BCUT2D eigenvalue weighted by molar-refractivity contribution is -0.116. The van der Waals surface area contributed by atoms with Gasteiger partial charge >= 0.3 is 0 Å². The van der Waals surface area contributed by atoms with Gasteiger partial charge < -0.3 is 11.1 Å². The number of nitriles is 1. The predicted octanol–water partition coefficient (Wildman–Crippen LogP) is 3.48. The molecule has 1 amide bonds. The predicted molar refractivity (Wildman–Crippen MR) is 114 cm³/mol. The van der Waals surface area contributed by atoms with Gasteiger partial charge in [-0.1, -0.05) is 48.5 Å². The molecular weight excluding hydrogens is 362 g/mol. The maximum atomic E-state index is 12.1. The van der Waals surface area contributed by atoms with Gasteiger partial charge in [-0.15, -0.1) is 0 Å². The number of nitrogens with zero attached hydrogens (tertiary/aromatic N) is 3. The Hall–Kier alpha value is -3.85. The minimum atomic E-state index is -0.138. The molecule has 29 heavy (non-hydrogen) atoms. The normalized spacial score (nSPS) is 11.1. The van der Waals surface area contributed by atoms with Crippen LogP contribution in [0.4, 0.5) is 5.82 Å². The first-order chi connectivity index (χ1) is 14.1. The molecule has 0 unspecified atom stereocenters. The maximum absolute atomic E-state index is 12.1. The number of nitrogens with one attached hydrogen (secondary N) is 1. The molecule has 0 aliphatic heterocycles. The fourth-order valence-corrected chi connectivity index (χ4v) is 3.04. The summed E-state index contributed by atoms with van der Waals surface area (Å²) in [6.07, 6.45) is 2.80. The van der Waals surface area contributed by atoms with Gasteiger partial charge in [0.15, 0.2) is 0 Å². The number of anilines is 1. The Morgan fingerprint density at radius 2 is 1.83 bits per heavy atom. The molecule has 2 aromatic carbocycles. The Morgan fingerprint density at radius 3 is 2.48 bits per heavy atom. The van der Waals surface area contributed by atoms with Gasteiger partial charge in [-0.25, -0.2) is 4.68 Å². The SMILES string of the molecule is C/C(=C\C(=O)NCCCc1nn(-c2ccccc2)c(N)c1C#N)c1ccccc1. The zero-order valence-electron chi connectivity index (χ0n) is 16.3. The standard InChI is InChI=1S/C23H23N5O/c1-17(18-9-4-2-5-10-18)15-22(29)26-14-8-13-21-20(16-24)23(25)28(27-21)19-11-6-3-7-12-19/h2-7,9-12,15H,8,13-14,25H2,1H3,(H,26,29)/b17-15+. The third kappa shape index (κ3) is 4.90. The molecule has 0 aliphatic carbocycles. The van der Waals surface area contributed by atoms with Crippen molar-refractivity contribution in [3.8, 4) is 11.8 Å². The van der Waals surface area contributed by atoms with Crippen molar-refractivity contribution in [3.63, 3.8) is 0 Å². The van der Waals surface area contributed by atoms with Crippen molar-refractivity contribution in [2.45, 2.75) is 19.8 Å². The molecule has 0 saturated heterocycles. The monoisotopic (exact) mass is 385 g/mol. The van der Waals surface area contributed by atoms with E-state index in [1.54, 1.807) is 10.8 Å². The van der Waals surface area contributed by atoms with Crippen LogP contribution in [0.3, 0.4) is 0 Å². The van der Waals surface area contributed by atoms with Gasteiger partial charge in [-0.3, -0.25) is 4.79 Å². The van der Waals surface area contributed by atoms with Crippen LogP contribution in [0.1, 0.15) is 30.2 Å². The molecule has 1 heterocycles. The van der Waals surface area contributed by atoms with Crippen LogP contribution in [0.5, 0.6) is 0 Å².